The van der Waals surface area contributed by atoms with Gasteiger partial charge in [-0.15, -0.1) is 0 Å². The molecule has 0 aliphatic carbocycles. The van der Waals surface area contributed by atoms with Crippen molar-refractivity contribution in [2.45, 2.75) is 57.5 Å². The van der Waals surface area contributed by atoms with Crippen molar-refractivity contribution in [1.29, 1.82) is 0 Å². The first-order valence-corrected chi connectivity index (χ1v) is 13.4. The van der Waals surface area contributed by atoms with E-state index in [1.807, 2.05) is 55.6 Å². The van der Waals surface area contributed by atoms with Gasteiger partial charge in [-0.2, -0.15) is 0 Å². The van der Waals surface area contributed by atoms with Crippen molar-refractivity contribution in [3.05, 3.63) is 65.2 Å². The second kappa shape index (κ2) is 9.37. The number of hydrogen-bond acceptors (Lipinski definition) is 3. The average Bonchev–Trinajstić information content (AvgIpc) is 2.64. The van der Waals surface area contributed by atoms with Crippen molar-refractivity contribution < 1.29 is 14.6 Å². The van der Waals surface area contributed by atoms with Crippen LogP contribution in [-0.2, 0) is 13.2 Å². The molecule has 0 aliphatic heterocycles. The monoisotopic (exact) mass is 450 g/mol. The van der Waals surface area contributed by atoms with Crippen LogP contribution >= 0.6 is 15.9 Å². The summed E-state index contributed by atoms with van der Waals surface area (Å²) in [5.74, 6) is 0.988. The molecule has 2 rings (SSSR count). The van der Waals surface area contributed by atoms with E-state index in [9.17, 15) is 9.90 Å². The summed E-state index contributed by atoms with van der Waals surface area (Å²) >= 11 is 3.64. The molecule has 0 fully saturated rings. The molecule has 0 bridgehead atoms. The number of alkyl halides is 1. The maximum atomic E-state index is 10.6. The Morgan fingerprint density at radius 1 is 1.11 bits per heavy atom. The van der Waals surface area contributed by atoms with Crippen LogP contribution in [0.2, 0.25) is 18.1 Å². The molecule has 0 saturated carbocycles. The van der Waals surface area contributed by atoms with E-state index >= 15 is 0 Å². The Bertz CT molecular complexity index is 726. The largest absolute Gasteiger partial charge is 0.489 e. The smallest absolute Gasteiger partial charge is 0.188 e. The molecule has 2 N–H and O–H groups in total. The molecule has 3 nitrogen and oxygen atoms in total. The van der Waals surface area contributed by atoms with Crippen LogP contribution in [0.4, 0.5) is 0 Å². The molecule has 1 atom stereocenters. The topological polar surface area (TPSA) is 49.7 Å². The van der Waals surface area contributed by atoms with Gasteiger partial charge in [-0.3, -0.25) is 0 Å². The van der Waals surface area contributed by atoms with Crippen molar-refractivity contribution >= 4 is 24.2 Å². The minimum atomic E-state index is -2.27. The summed E-state index contributed by atoms with van der Waals surface area (Å²) in [5.41, 5.74) is 3.06. The van der Waals surface area contributed by atoms with Crippen molar-refractivity contribution in [3.63, 3.8) is 0 Å². The van der Waals surface area contributed by atoms with E-state index < -0.39 is 8.32 Å². The summed E-state index contributed by atoms with van der Waals surface area (Å²) in [6.45, 7) is 8.72. The summed E-state index contributed by atoms with van der Waals surface area (Å²) in [7, 11) is -2.27. The summed E-state index contributed by atoms with van der Waals surface area (Å²) in [5, 5.41) is 10.5. The first kappa shape index (κ1) is 22.1. The fraction of sp³-hybridized carbons (Fsp3) is 0.455. The fourth-order valence-electron chi connectivity index (χ4n) is 2.98. The third-order valence-electron chi connectivity index (χ3n) is 5.56. The number of aliphatic hydroxyl groups excluding tert-OH is 1. The van der Waals surface area contributed by atoms with Crippen LogP contribution in [0, 0.1) is 0 Å². The molecule has 0 aromatic heterocycles. The Labute approximate surface area is 172 Å². The predicted octanol–water partition coefficient (Wildman–Crippen LogP) is 5.60. The third kappa shape index (κ3) is 5.91. The number of benzene rings is 2. The summed E-state index contributed by atoms with van der Waals surface area (Å²) in [4.78, 5) is 10.6. The Balaban J connectivity index is 2.17. The maximum absolute atomic E-state index is 10.6. The van der Waals surface area contributed by atoms with Gasteiger partial charge in [0.15, 0.2) is 8.32 Å². The molecule has 2 aromatic carbocycles. The standard InChI is InChI=1S/C22H31BrO3Si/c1-22(2,27(3,4)25)13-20(14-23)18-10-11-21(19(12-18)15-24)26-16-17-8-6-5-7-9-17/h5-12,20,24-25H,13-16H2,1-4H3/t20-/m0/s1. The maximum Gasteiger partial charge on any atom is 0.188 e. The molecule has 0 saturated heterocycles. The van der Waals surface area contributed by atoms with Crippen LogP contribution in [0.3, 0.4) is 0 Å². The molecule has 2 aromatic rings. The number of ether oxygens (including phenoxy) is 1. The zero-order valence-corrected chi connectivity index (χ0v) is 19.3. The predicted molar refractivity (Wildman–Crippen MR) is 118 cm³/mol. The third-order valence-corrected chi connectivity index (χ3v) is 9.86. The van der Waals surface area contributed by atoms with Gasteiger partial charge in [0, 0.05) is 10.9 Å². The molecular weight excluding hydrogens is 420 g/mol. The van der Waals surface area contributed by atoms with Crippen LogP contribution in [0.25, 0.3) is 0 Å². The van der Waals surface area contributed by atoms with Gasteiger partial charge in [0.25, 0.3) is 0 Å². The van der Waals surface area contributed by atoms with Gasteiger partial charge in [0.2, 0.25) is 0 Å². The van der Waals surface area contributed by atoms with Gasteiger partial charge in [0.05, 0.1) is 6.61 Å². The fourth-order valence-corrected chi connectivity index (χ4v) is 4.33. The van der Waals surface area contributed by atoms with Crippen LogP contribution in [0.1, 0.15) is 42.9 Å². The molecule has 0 aliphatic rings. The number of aliphatic hydroxyl groups is 1. The van der Waals surface area contributed by atoms with Gasteiger partial charge in [-0.25, -0.2) is 0 Å². The van der Waals surface area contributed by atoms with Gasteiger partial charge in [-0.1, -0.05) is 66.2 Å². The zero-order chi connectivity index (χ0) is 20.1. The summed E-state index contributed by atoms with van der Waals surface area (Å²) in [6, 6.07) is 16.1. The lowest BCUT2D eigenvalue weighted by Crippen LogP contribution is -2.40. The van der Waals surface area contributed by atoms with E-state index in [1.165, 1.54) is 0 Å². The van der Waals surface area contributed by atoms with E-state index in [0.29, 0.717) is 6.61 Å². The number of halogens is 1. The highest BCUT2D eigenvalue weighted by molar-refractivity contribution is 9.09. The Morgan fingerprint density at radius 3 is 2.33 bits per heavy atom. The number of rotatable bonds is 9. The number of hydrogen-bond donors (Lipinski definition) is 2. The van der Waals surface area contributed by atoms with Gasteiger partial charge >= 0.3 is 0 Å². The van der Waals surface area contributed by atoms with E-state index in [2.05, 4.69) is 35.8 Å². The Hall–Kier alpha value is -1.14. The molecular formula is C22H31BrO3Si. The molecule has 148 valence electrons. The average molecular weight is 451 g/mol. The van der Waals surface area contributed by atoms with Crippen molar-refractivity contribution in [2.24, 2.45) is 0 Å². The lowest BCUT2D eigenvalue weighted by atomic mass is 9.90. The molecule has 0 heterocycles. The van der Waals surface area contributed by atoms with Crippen LogP contribution in [0.5, 0.6) is 5.75 Å². The first-order valence-electron chi connectivity index (χ1n) is 9.36. The summed E-state index contributed by atoms with van der Waals surface area (Å²) in [6.07, 6.45) is 0.892. The van der Waals surface area contributed by atoms with Crippen LogP contribution < -0.4 is 4.74 Å². The summed E-state index contributed by atoms with van der Waals surface area (Å²) < 4.78 is 5.93. The van der Waals surface area contributed by atoms with E-state index in [1.54, 1.807) is 0 Å². The van der Waals surface area contributed by atoms with E-state index in [4.69, 9.17) is 4.74 Å². The van der Waals surface area contributed by atoms with E-state index in [-0.39, 0.29) is 17.6 Å². The van der Waals surface area contributed by atoms with E-state index in [0.717, 1.165) is 34.2 Å². The highest BCUT2D eigenvalue weighted by Gasteiger charge is 2.39. The Kier molecular flexibility index (Phi) is 7.69. The lowest BCUT2D eigenvalue weighted by molar-refractivity contribution is 0.258. The van der Waals surface area contributed by atoms with Gasteiger partial charge < -0.3 is 14.6 Å². The minimum absolute atomic E-state index is 0.0589. The highest BCUT2D eigenvalue weighted by Crippen LogP contribution is 2.45. The lowest BCUT2D eigenvalue weighted by Gasteiger charge is -2.37. The quantitative estimate of drug-likeness (QED) is 0.385. The van der Waals surface area contributed by atoms with Crippen LogP contribution in [0.15, 0.2) is 48.5 Å². The van der Waals surface area contributed by atoms with Crippen LogP contribution in [-0.4, -0.2) is 23.5 Å². The molecule has 0 amide bonds. The van der Waals surface area contributed by atoms with Crippen molar-refractivity contribution in [3.8, 4) is 5.75 Å². The van der Waals surface area contributed by atoms with Crippen molar-refractivity contribution in [2.75, 3.05) is 5.33 Å². The van der Waals surface area contributed by atoms with Gasteiger partial charge in [-0.05, 0) is 53.7 Å². The molecule has 27 heavy (non-hydrogen) atoms. The molecule has 0 radical (unpaired) electrons. The minimum Gasteiger partial charge on any atom is -0.489 e. The zero-order valence-electron chi connectivity index (χ0n) is 16.7. The molecule has 5 heteroatoms. The first-order chi connectivity index (χ1) is 12.7. The van der Waals surface area contributed by atoms with Gasteiger partial charge in [0.1, 0.15) is 12.4 Å². The highest BCUT2D eigenvalue weighted by atomic mass is 79.9. The SMILES string of the molecule is CC(C)(C[C@@H](CBr)c1ccc(OCc2ccccc2)c(CO)c1)[Si](C)(C)O. The van der Waals surface area contributed by atoms with Crippen molar-refractivity contribution in [1.82, 2.24) is 0 Å². The molecule has 0 spiro atoms. The molecule has 0 unspecified atom stereocenters. The second-order valence-electron chi connectivity index (χ2n) is 8.30. The Morgan fingerprint density at radius 2 is 1.78 bits per heavy atom. The second-order valence-corrected chi connectivity index (χ2v) is 13.4. The normalized spacial score (nSPS) is 13.4.